The second-order valence-electron chi connectivity index (χ2n) is 6.49. The van der Waals surface area contributed by atoms with Gasteiger partial charge in [0.25, 0.3) is 0 Å². The predicted molar refractivity (Wildman–Crippen MR) is 99.2 cm³/mol. The first kappa shape index (κ1) is 18.5. The normalized spacial score (nSPS) is 10.8. The lowest BCUT2D eigenvalue weighted by Gasteiger charge is -2.31. The van der Waals surface area contributed by atoms with Gasteiger partial charge in [0.15, 0.2) is 0 Å². The van der Waals surface area contributed by atoms with Crippen LogP contribution < -0.4 is 4.74 Å². The zero-order chi connectivity index (χ0) is 18.4. The summed E-state index contributed by atoms with van der Waals surface area (Å²) in [6.45, 7) is 6.38. The molecule has 0 saturated heterocycles. The summed E-state index contributed by atoms with van der Waals surface area (Å²) in [7, 11) is 1.62. The van der Waals surface area contributed by atoms with Gasteiger partial charge in [0.2, 0.25) is 5.91 Å². The maximum Gasteiger partial charge on any atom is 0.233 e. The summed E-state index contributed by atoms with van der Waals surface area (Å²) in [6, 6.07) is 13.3. The largest absolute Gasteiger partial charge is 0.497 e. The molecule has 0 unspecified atom stereocenters. The molecule has 1 amide bonds. The second kappa shape index (κ2) is 7.85. The van der Waals surface area contributed by atoms with Gasteiger partial charge in [-0.15, -0.1) is 6.42 Å². The number of rotatable bonds is 6. The molecule has 4 heteroatoms. The number of methoxy groups -OCH3 is 1. The number of carbonyl (C=O) groups is 1. The van der Waals surface area contributed by atoms with Crippen LogP contribution in [0.3, 0.4) is 0 Å². The summed E-state index contributed by atoms with van der Waals surface area (Å²) in [5, 5.41) is 0. The van der Waals surface area contributed by atoms with Crippen molar-refractivity contribution in [3.8, 4) is 18.1 Å². The molecule has 0 spiro atoms. The number of ether oxygens (including phenoxy) is 1. The zero-order valence-corrected chi connectivity index (χ0v) is 15.2. The van der Waals surface area contributed by atoms with Crippen molar-refractivity contribution in [1.29, 1.82) is 0 Å². The maximum absolute atomic E-state index is 13.2. The first-order valence-corrected chi connectivity index (χ1v) is 8.18. The van der Waals surface area contributed by atoms with Crippen LogP contribution in [0.15, 0.2) is 42.5 Å². The molecule has 2 rings (SSSR count). The van der Waals surface area contributed by atoms with Gasteiger partial charge in [0.05, 0.1) is 31.3 Å². The maximum atomic E-state index is 13.2. The van der Waals surface area contributed by atoms with Gasteiger partial charge in [-0.05, 0) is 50.6 Å². The van der Waals surface area contributed by atoms with Gasteiger partial charge < -0.3 is 9.64 Å². The molecule has 0 fully saturated rings. The number of aryl methyl sites for hydroxylation is 1. The van der Waals surface area contributed by atoms with Crippen LogP contribution in [0.5, 0.6) is 5.75 Å². The molecule has 0 aliphatic carbocycles. The van der Waals surface area contributed by atoms with E-state index in [2.05, 4.69) is 10.9 Å². The Kier molecular flexibility index (Phi) is 5.82. The number of pyridine rings is 1. The van der Waals surface area contributed by atoms with E-state index in [4.69, 9.17) is 11.2 Å². The second-order valence-corrected chi connectivity index (χ2v) is 6.49. The van der Waals surface area contributed by atoms with Gasteiger partial charge in [-0.3, -0.25) is 9.78 Å². The van der Waals surface area contributed by atoms with Crippen LogP contribution in [0, 0.1) is 19.3 Å². The topological polar surface area (TPSA) is 42.4 Å². The van der Waals surface area contributed by atoms with Gasteiger partial charge in [-0.25, -0.2) is 0 Å². The van der Waals surface area contributed by atoms with E-state index in [9.17, 15) is 4.79 Å². The highest BCUT2D eigenvalue weighted by molar-refractivity contribution is 5.87. The quantitative estimate of drug-likeness (QED) is 0.760. The number of benzene rings is 1. The minimum atomic E-state index is -0.701. The molecule has 0 radical (unpaired) electrons. The predicted octanol–water partition coefficient (Wildman–Crippen LogP) is 3.34. The molecule has 0 bridgehead atoms. The van der Waals surface area contributed by atoms with Crippen LogP contribution in [-0.4, -0.2) is 29.4 Å². The number of terminal acetylenes is 1. The Bertz CT molecular complexity index is 773. The SMILES string of the molecule is C#CCN(Cc1cccc(C)n1)C(=O)C(C)(C)c1ccc(OC)cc1. The van der Waals surface area contributed by atoms with Crippen molar-refractivity contribution in [3.05, 3.63) is 59.4 Å². The highest BCUT2D eigenvalue weighted by Gasteiger charge is 2.33. The van der Waals surface area contributed by atoms with Crippen molar-refractivity contribution in [2.75, 3.05) is 13.7 Å². The van der Waals surface area contributed by atoms with Gasteiger partial charge >= 0.3 is 0 Å². The summed E-state index contributed by atoms with van der Waals surface area (Å²) in [5.41, 5.74) is 1.96. The van der Waals surface area contributed by atoms with Crippen LogP contribution in [0.25, 0.3) is 0 Å². The third-order valence-electron chi connectivity index (χ3n) is 4.21. The fraction of sp³-hybridized carbons (Fsp3) is 0.333. The van der Waals surface area contributed by atoms with E-state index in [1.165, 1.54) is 0 Å². The van der Waals surface area contributed by atoms with Crippen LogP contribution in [0.2, 0.25) is 0 Å². The minimum Gasteiger partial charge on any atom is -0.497 e. The summed E-state index contributed by atoms with van der Waals surface area (Å²) in [6.07, 6.45) is 5.49. The van der Waals surface area contributed by atoms with Crippen molar-refractivity contribution in [3.63, 3.8) is 0 Å². The fourth-order valence-electron chi connectivity index (χ4n) is 2.72. The van der Waals surface area contributed by atoms with Gasteiger partial charge in [-0.1, -0.05) is 24.1 Å². The zero-order valence-electron chi connectivity index (χ0n) is 15.2. The number of hydrogen-bond donors (Lipinski definition) is 0. The summed E-state index contributed by atoms with van der Waals surface area (Å²) < 4.78 is 5.19. The molecule has 0 saturated carbocycles. The van der Waals surface area contributed by atoms with Gasteiger partial charge in [0, 0.05) is 5.69 Å². The van der Waals surface area contributed by atoms with Crippen LogP contribution in [-0.2, 0) is 16.8 Å². The van der Waals surface area contributed by atoms with E-state index in [0.29, 0.717) is 6.54 Å². The molecule has 0 atom stereocenters. The molecular formula is C21H24N2O2. The van der Waals surface area contributed by atoms with E-state index in [-0.39, 0.29) is 12.5 Å². The molecule has 0 aliphatic heterocycles. The van der Waals surface area contributed by atoms with E-state index in [1.807, 2.05) is 63.2 Å². The molecule has 4 nitrogen and oxygen atoms in total. The molecule has 130 valence electrons. The van der Waals surface area contributed by atoms with Crippen molar-refractivity contribution in [2.24, 2.45) is 0 Å². The summed E-state index contributed by atoms with van der Waals surface area (Å²) in [5.74, 6) is 3.31. The number of amides is 1. The molecule has 0 N–H and O–H groups in total. The average Bonchev–Trinajstić information content (AvgIpc) is 2.61. The van der Waals surface area contributed by atoms with E-state index in [0.717, 1.165) is 22.7 Å². The Morgan fingerprint density at radius 1 is 1.24 bits per heavy atom. The standard InChI is InChI=1S/C21H24N2O2/c1-6-14-23(15-18-9-7-8-16(2)22-18)20(24)21(3,4)17-10-12-19(25-5)13-11-17/h1,7-13H,14-15H2,2-5H3. The molecule has 25 heavy (non-hydrogen) atoms. The van der Waals surface area contributed by atoms with Crippen molar-refractivity contribution in [1.82, 2.24) is 9.88 Å². The third-order valence-corrected chi connectivity index (χ3v) is 4.21. The first-order chi connectivity index (χ1) is 11.9. The Balaban J connectivity index is 2.26. The van der Waals surface area contributed by atoms with E-state index in [1.54, 1.807) is 12.0 Å². The average molecular weight is 336 g/mol. The monoisotopic (exact) mass is 336 g/mol. The molecule has 2 aromatic rings. The molecule has 1 heterocycles. The van der Waals surface area contributed by atoms with Crippen LogP contribution >= 0.6 is 0 Å². The lowest BCUT2D eigenvalue weighted by atomic mass is 9.83. The fourth-order valence-corrected chi connectivity index (χ4v) is 2.72. The lowest BCUT2D eigenvalue weighted by molar-refractivity contribution is -0.136. The highest BCUT2D eigenvalue weighted by atomic mass is 16.5. The Hall–Kier alpha value is -2.80. The minimum absolute atomic E-state index is 0.0288. The third kappa shape index (κ3) is 4.39. The van der Waals surface area contributed by atoms with Crippen LogP contribution in [0.4, 0.5) is 0 Å². The van der Waals surface area contributed by atoms with E-state index >= 15 is 0 Å². The summed E-state index contributed by atoms with van der Waals surface area (Å²) in [4.78, 5) is 19.3. The number of nitrogens with zero attached hydrogens (tertiary/aromatic N) is 2. The van der Waals surface area contributed by atoms with Crippen LogP contribution in [0.1, 0.15) is 30.8 Å². The highest BCUT2D eigenvalue weighted by Crippen LogP contribution is 2.28. The Labute approximate surface area is 149 Å². The van der Waals surface area contributed by atoms with Crippen molar-refractivity contribution >= 4 is 5.91 Å². The number of aromatic nitrogens is 1. The first-order valence-electron chi connectivity index (χ1n) is 8.18. The number of carbonyl (C=O) groups excluding carboxylic acids is 1. The van der Waals surface area contributed by atoms with E-state index < -0.39 is 5.41 Å². The number of hydrogen-bond acceptors (Lipinski definition) is 3. The molecule has 1 aromatic heterocycles. The van der Waals surface area contributed by atoms with Gasteiger partial charge in [0.1, 0.15) is 5.75 Å². The summed E-state index contributed by atoms with van der Waals surface area (Å²) >= 11 is 0. The lowest BCUT2D eigenvalue weighted by Crippen LogP contribution is -2.43. The Morgan fingerprint density at radius 2 is 1.92 bits per heavy atom. The molecular weight excluding hydrogens is 312 g/mol. The van der Waals surface area contributed by atoms with Gasteiger partial charge in [-0.2, -0.15) is 0 Å². The van der Waals surface area contributed by atoms with Crippen molar-refractivity contribution in [2.45, 2.75) is 32.7 Å². The van der Waals surface area contributed by atoms with Crippen molar-refractivity contribution < 1.29 is 9.53 Å². The smallest absolute Gasteiger partial charge is 0.233 e. The molecule has 0 aliphatic rings. The Morgan fingerprint density at radius 3 is 2.48 bits per heavy atom. The molecule has 1 aromatic carbocycles.